The lowest BCUT2D eigenvalue weighted by atomic mass is 10.2. The van der Waals surface area contributed by atoms with Crippen LogP contribution in [0.1, 0.15) is 37.3 Å². The van der Waals surface area contributed by atoms with Crippen molar-refractivity contribution >= 4 is 28.5 Å². The molecule has 1 amide bonds. The Morgan fingerprint density at radius 2 is 2.17 bits per heavy atom. The van der Waals surface area contributed by atoms with E-state index in [-0.39, 0.29) is 5.91 Å². The summed E-state index contributed by atoms with van der Waals surface area (Å²) in [7, 11) is 0. The molecule has 2 heterocycles. The van der Waals surface area contributed by atoms with Crippen LogP contribution in [0.3, 0.4) is 0 Å². The van der Waals surface area contributed by atoms with Gasteiger partial charge in [0.15, 0.2) is 17.3 Å². The second-order valence-electron chi connectivity index (χ2n) is 6.19. The lowest BCUT2D eigenvalue weighted by Gasteiger charge is -2.13. The molecule has 1 aromatic carbocycles. The van der Waals surface area contributed by atoms with Gasteiger partial charge in [0, 0.05) is 17.7 Å². The molecule has 0 bridgehead atoms. The Morgan fingerprint density at radius 3 is 2.88 bits per heavy atom. The van der Waals surface area contributed by atoms with Crippen LogP contribution in [0.4, 0.5) is 11.5 Å². The average Bonchev–Trinajstić information content (AvgIpc) is 3.20. The summed E-state index contributed by atoms with van der Waals surface area (Å²) in [6.45, 7) is 3.55. The van der Waals surface area contributed by atoms with E-state index in [0.29, 0.717) is 17.5 Å². The number of benzene rings is 1. The van der Waals surface area contributed by atoms with Crippen LogP contribution in [0, 0.1) is 6.92 Å². The van der Waals surface area contributed by atoms with Gasteiger partial charge in [-0.05, 0) is 44.9 Å². The van der Waals surface area contributed by atoms with E-state index in [4.69, 9.17) is 8.94 Å². The Kier molecular flexibility index (Phi) is 3.48. The van der Waals surface area contributed by atoms with Crippen molar-refractivity contribution in [1.82, 2.24) is 10.1 Å². The van der Waals surface area contributed by atoms with E-state index in [1.165, 1.54) is 0 Å². The van der Waals surface area contributed by atoms with E-state index >= 15 is 0 Å². The number of hydrogen-bond donors (Lipinski definition) is 2. The van der Waals surface area contributed by atoms with Crippen molar-refractivity contribution in [2.24, 2.45) is 0 Å². The summed E-state index contributed by atoms with van der Waals surface area (Å²) in [5.41, 5.74) is 2.40. The smallest absolute Gasteiger partial charge is 0.247 e. The molecule has 1 aliphatic rings. The molecule has 0 spiro atoms. The third kappa shape index (κ3) is 2.97. The highest BCUT2D eigenvalue weighted by Crippen LogP contribution is 2.40. The van der Waals surface area contributed by atoms with E-state index in [0.717, 1.165) is 35.5 Å². The van der Waals surface area contributed by atoms with E-state index in [1.54, 1.807) is 19.9 Å². The van der Waals surface area contributed by atoms with Crippen molar-refractivity contribution in [3.63, 3.8) is 0 Å². The van der Waals surface area contributed by atoms with Gasteiger partial charge in [0.2, 0.25) is 5.91 Å². The molecule has 3 aromatic rings. The minimum atomic E-state index is -0.436. The fourth-order valence-corrected chi connectivity index (χ4v) is 2.52. The first kappa shape index (κ1) is 14.7. The van der Waals surface area contributed by atoms with Gasteiger partial charge in [0.25, 0.3) is 0 Å². The number of oxazole rings is 1. The molecule has 0 aliphatic heterocycles. The highest BCUT2D eigenvalue weighted by atomic mass is 16.5. The Morgan fingerprint density at radius 1 is 1.33 bits per heavy atom. The number of hydrogen-bond acceptors (Lipinski definition) is 6. The molecule has 24 heavy (non-hydrogen) atoms. The predicted octanol–water partition coefficient (Wildman–Crippen LogP) is 3.44. The third-order valence-electron chi connectivity index (χ3n) is 3.99. The minimum absolute atomic E-state index is 0.192. The molecule has 124 valence electrons. The first-order valence-corrected chi connectivity index (χ1v) is 8.00. The molecular formula is C17H18N4O3. The van der Waals surface area contributed by atoms with Crippen LogP contribution in [-0.2, 0) is 4.79 Å². The quantitative estimate of drug-likeness (QED) is 0.746. The molecule has 2 aromatic heterocycles. The number of carbonyl (C=O) groups excluding carboxylic acids is 1. The Hall–Kier alpha value is -2.83. The van der Waals surface area contributed by atoms with Crippen molar-refractivity contribution in [2.45, 2.75) is 38.6 Å². The molecular weight excluding hydrogens is 308 g/mol. The molecule has 7 nitrogen and oxygen atoms in total. The van der Waals surface area contributed by atoms with Crippen LogP contribution in [0.2, 0.25) is 0 Å². The number of aryl methyl sites for hydroxylation is 1. The van der Waals surface area contributed by atoms with Crippen LogP contribution < -0.4 is 10.6 Å². The van der Waals surface area contributed by atoms with Crippen LogP contribution in [0.5, 0.6) is 0 Å². The van der Waals surface area contributed by atoms with E-state index in [2.05, 4.69) is 20.8 Å². The Bertz CT molecular complexity index is 894. The number of carbonyl (C=O) groups is 1. The van der Waals surface area contributed by atoms with Crippen LogP contribution in [0.25, 0.3) is 11.1 Å². The maximum atomic E-state index is 12.2. The normalized spacial score (nSPS) is 15.4. The molecule has 1 atom stereocenters. The molecule has 0 unspecified atom stereocenters. The first-order chi connectivity index (χ1) is 11.6. The molecule has 2 N–H and O–H groups in total. The van der Waals surface area contributed by atoms with Gasteiger partial charge >= 0.3 is 0 Å². The predicted molar refractivity (Wildman–Crippen MR) is 88.9 cm³/mol. The van der Waals surface area contributed by atoms with E-state index in [1.807, 2.05) is 18.2 Å². The van der Waals surface area contributed by atoms with Gasteiger partial charge in [-0.25, -0.2) is 4.98 Å². The molecule has 0 saturated heterocycles. The average molecular weight is 326 g/mol. The maximum Gasteiger partial charge on any atom is 0.247 e. The standard InChI is InChI=1S/C17H18N4O3/c1-9-7-15(21-24-9)20-16(22)10(2)18-12-5-6-14-13(8-12)19-17(23-14)11-3-4-11/h5-8,10-11,18H,3-4H2,1-2H3,(H,20,21,22)/t10-/m0/s1. The molecule has 7 heteroatoms. The summed E-state index contributed by atoms with van der Waals surface area (Å²) in [4.78, 5) is 16.7. The van der Waals surface area contributed by atoms with Gasteiger partial charge in [-0.1, -0.05) is 5.16 Å². The lowest BCUT2D eigenvalue weighted by molar-refractivity contribution is -0.116. The van der Waals surface area contributed by atoms with Gasteiger partial charge in [-0.2, -0.15) is 0 Å². The summed E-state index contributed by atoms with van der Waals surface area (Å²) < 4.78 is 10.7. The summed E-state index contributed by atoms with van der Waals surface area (Å²) in [5, 5.41) is 9.62. The summed E-state index contributed by atoms with van der Waals surface area (Å²) in [6.07, 6.45) is 2.30. The van der Waals surface area contributed by atoms with Gasteiger partial charge in [-0.3, -0.25) is 4.79 Å². The second kappa shape index (κ2) is 5.67. The van der Waals surface area contributed by atoms with Crippen molar-refractivity contribution in [1.29, 1.82) is 0 Å². The lowest BCUT2D eigenvalue weighted by Crippen LogP contribution is -2.31. The minimum Gasteiger partial charge on any atom is -0.440 e. The molecule has 4 rings (SSSR count). The SMILES string of the molecule is Cc1cc(NC(=O)[C@H](C)Nc2ccc3oc(C4CC4)nc3c2)no1. The zero-order chi connectivity index (χ0) is 16.7. The molecule has 1 aliphatic carbocycles. The topological polar surface area (TPSA) is 93.2 Å². The summed E-state index contributed by atoms with van der Waals surface area (Å²) >= 11 is 0. The van der Waals surface area contributed by atoms with Gasteiger partial charge in [0.1, 0.15) is 17.3 Å². The Balaban J connectivity index is 1.45. The van der Waals surface area contributed by atoms with Crippen LogP contribution in [0.15, 0.2) is 33.2 Å². The highest BCUT2D eigenvalue weighted by molar-refractivity contribution is 5.95. The zero-order valence-corrected chi connectivity index (χ0v) is 13.5. The van der Waals surface area contributed by atoms with Gasteiger partial charge in [-0.15, -0.1) is 0 Å². The number of nitrogens with one attached hydrogen (secondary N) is 2. The monoisotopic (exact) mass is 326 g/mol. The number of anilines is 2. The van der Waals surface area contributed by atoms with Crippen LogP contribution in [-0.4, -0.2) is 22.1 Å². The fourth-order valence-electron chi connectivity index (χ4n) is 2.52. The van der Waals surface area contributed by atoms with E-state index in [9.17, 15) is 4.79 Å². The Labute approximate surface area is 138 Å². The van der Waals surface area contributed by atoms with E-state index < -0.39 is 6.04 Å². The molecule has 0 radical (unpaired) electrons. The molecule has 1 saturated carbocycles. The zero-order valence-electron chi connectivity index (χ0n) is 13.5. The maximum absolute atomic E-state index is 12.2. The third-order valence-corrected chi connectivity index (χ3v) is 3.99. The number of amides is 1. The summed E-state index contributed by atoms with van der Waals surface area (Å²) in [5.74, 6) is 2.15. The molecule has 1 fully saturated rings. The fraction of sp³-hybridized carbons (Fsp3) is 0.353. The number of aromatic nitrogens is 2. The summed E-state index contributed by atoms with van der Waals surface area (Å²) in [6, 6.07) is 6.89. The highest BCUT2D eigenvalue weighted by Gasteiger charge is 2.28. The van der Waals surface area contributed by atoms with Crippen molar-refractivity contribution < 1.29 is 13.7 Å². The number of fused-ring (bicyclic) bond motifs is 1. The van der Waals surface area contributed by atoms with Crippen molar-refractivity contribution in [3.05, 3.63) is 35.9 Å². The first-order valence-electron chi connectivity index (χ1n) is 8.00. The van der Waals surface area contributed by atoms with Gasteiger partial charge in [0.05, 0.1) is 0 Å². The number of nitrogens with zero attached hydrogens (tertiary/aromatic N) is 2. The van der Waals surface area contributed by atoms with Crippen LogP contribution >= 0.6 is 0 Å². The largest absolute Gasteiger partial charge is 0.440 e. The van der Waals surface area contributed by atoms with Crippen molar-refractivity contribution in [3.8, 4) is 0 Å². The van der Waals surface area contributed by atoms with Crippen molar-refractivity contribution in [2.75, 3.05) is 10.6 Å². The second-order valence-corrected chi connectivity index (χ2v) is 6.19. The number of rotatable bonds is 5. The van der Waals surface area contributed by atoms with Gasteiger partial charge < -0.3 is 19.6 Å².